The van der Waals surface area contributed by atoms with Gasteiger partial charge in [-0.25, -0.2) is 4.98 Å². The summed E-state index contributed by atoms with van der Waals surface area (Å²) in [5.41, 5.74) is 5.49. The lowest BCUT2D eigenvalue weighted by atomic mass is 10.2. The molecule has 0 fully saturated rings. The molecule has 5 nitrogen and oxygen atoms in total. The first kappa shape index (κ1) is 17.5. The summed E-state index contributed by atoms with van der Waals surface area (Å²) in [5, 5.41) is 0. The van der Waals surface area contributed by atoms with Crippen LogP contribution >= 0.6 is 0 Å². The Morgan fingerprint density at radius 1 is 1.44 bits per heavy atom. The molecular formula is C11H25N3O2. The molecule has 0 saturated carbocycles. The predicted molar refractivity (Wildman–Crippen MR) is 66.4 cm³/mol. The molecule has 0 aliphatic rings. The molecular weight excluding hydrogens is 206 g/mol. The van der Waals surface area contributed by atoms with Crippen LogP contribution in [0.15, 0.2) is 12.4 Å². The Morgan fingerprint density at radius 3 is 2.69 bits per heavy atom. The van der Waals surface area contributed by atoms with Crippen LogP contribution < -0.4 is 5.73 Å². The van der Waals surface area contributed by atoms with Crippen LogP contribution in [0.1, 0.15) is 45.0 Å². The number of rotatable bonds is 6. The first-order valence-electron chi connectivity index (χ1n) is 5.51. The van der Waals surface area contributed by atoms with Gasteiger partial charge in [-0.3, -0.25) is 0 Å². The molecule has 6 N–H and O–H groups in total. The van der Waals surface area contributed by atoms with Crippen molar-refractivity contribution in [1.29, 1.82) is 0 Å². The van der Waals surface area contributed by atoms with Gasteiger partial charge < -0.3 is 21.3 Å². The smallest absolute Gasteiger partial charge is 0.108 e. The Balaban J connectivity index is 0. The van der Waals surface area contributed by atoms with Crippen LogP contribution in [0.5, 0.6) is 0 Å². The van der Waals surface area contributed by atoms with Gasteiger partial charge in [0.2, 0.25) is 0 Å². The average molecular weight is 231 g/mol. The number of hydrogen-bond acceptors (Lipinski definition) is 2. The molecule has 16 heavy (non-hydrogen) atoms. The maximum atomic E-state index is 5.49. The third-order valence-corrected chi connectivity index (χ3v) is 2.53. The fourth-order valence-corrected chi connectivity index (χ4v) is 1.76. The second-order valence-corrected chi connectivity index (χ2v) is 3.78. The largest absolute Gasteiger partial charge is 0.412 e. The van der Waals surface area contributed by atoms with Crippen LogP contribution in [0.2, 0.25) is 0 Å². The second kappa shape index (κ2) is 9.33. The standard InChI is InChI=1S/C11H21N3.2H2O/c1-3-5-10(2)14-9-8-13-11(14)6-4-7-12;;/h8-10H,3-7,12H2,1-2H3;2*1H2. The number of hydrogen-bond donors (Lipinski definition) is 1. The minimum atomic E-state index is 0. The van der Waals surface area contributed by atoms with E-state index in [0.717, 1.165) is 19.4 Å². The van der Waals surface area contributed by atoms with Crippen LogP contribution in [0, 0.1) is 0 Å². The molecule has 0 saturated heterocycles. The van der Waals surface area contributed by atoms with Gasteiger partial charge in [0, 0.05) is 24.9 Å². The summed E-state index contributed by atoms with van der Waals surface area (Å²) in [6.45, 7) is 5.21. The molecule has 0 aliphatic carbocycles. The van der Waals surface area contributed by atoms with Crippen molar-refractivity contribution in [2.24, 2.45) is 5.73 Å². The maximum absolute atomic E-state index is 5.49. The van der Waals surface area contributed by atoms with Gasteiger partial charge in [-0.05, 0) is 26.3 Å². The van der Waals surface area contributed by atoms with E-state index in [2.05, 4.69) is 29.6 Å². The van der Waals surface area contributed by atoms with Crippen molar-refractivity contribution in [2.45, 2.75) is 45.6 Å². The fraction of sp³-hybridized carbons (Fsp3) is 0.727. The van der Waals surface area contributed by atoms with E-state index in [1.54, 1.807) is 0 Å². The van der Waals surface area contributed by atoms with Crippen molar-refractivity contribution in [3.8, 4) is 0 Å². The lowest BCUT2D eigenvalue weighted by molar-refractivity contribution is 0.480. The summed E-state index contributed by atoms with van der Waals surface area (Å²) in [6, 6.07) is 0.565. The molecule has 1 heterocycles. The van der Waals surface area contributed by atoms with E-state index in [1.807, 2.05) is 6.20 Å². The molecule has 1 aromatic rings. The van der Waals surface area contributed by atoms with E-state index in [4.69, 9.17) is 5.73 Å². The molecule has 0 aliphatic heterocycles. The summed E-state index contributed by atoms with van der Waals surface area (Å²) in [7, 11) is 0. The first-order chi connectivity index (χ1) is 6.79. The number of imidazole rings is 1. The third kappa shape index (κ3) is 4.74. The van der Waals surface area contributed by atoms with E-state index in [9.17, 15) is 0 Å². The minimum Gasteiger partial charge on any atom is -0.412 e. The van der Waals surface area contributed by atoms with Gasteiger partial charge in [0.05, 0.1) is 0 Å². The monoisotopic (exact) mass is 231 g/mol. The number of aryl methyl sites for hydroxylation is 1. The number of nitrogens with two attached hydrogens (primary N) is 1. The summed E-state index contributed by atoms with van der Waals surface area (Å²) in [4.78, 5) is 4.36. The van der Waals surface area contributed by atoms with Gasteiger partial charge >= 0.3 is 0 Å². The number of nitrogens with zero attached hydrogens (tertiary/aromatic N) is 2. The lowest BCUT2D eigenvalue weighted by Gasteiger charge is -2.15. The molecule has 0 amide bonds. The van der Waals surface area contributed by atoms with E-state index < -0.39 is 0 Å². The van der Waals surface area contributed by atoms with Gasteiger partial charge in [-0.2, -0.15) is 0 Å². The molecule has 1 rings (SSSR count). The van der Waals surface area contributed by atoms with Crippen molar-refractivity contribution >= 4 is 0 Å². The van der Waals surface area contributed by atoms with Crippen molar-refractivity contribution in [3.63, 3.8) is 0 Å². The van der Waals surface area contributed by atoms with Gasteiger partial charge in [-0.1, -0.05) is 13.3 Å². The molecule has 0 aromatic carbocycles. The van der Waals surface area contributed by atoms with E-state index in [0.29, 0.717) is 6.04 Å². The van der Waals surface area contributed by atoms with Gasteiger partial charge in [0.15, 0.2) is 0 Å². The maximum Gasteiger partial charge on any atom is 0.108 e. The summed E-state index contributed by atoms with van der Waals surface area (Å²) in [6.07, 6.45) is 8.42. The molecule has 96 valence electrons. The molecule has 1 unspecified atom stereocenters. The fourth-order valence-electron chi connectivity index (χ4n) is 1.76. The first-order valence-corrected chi connectivity index (χ1v) is 5.51. The summed E-state index contributed by atoms with van der Waals surface area (Å²) >= 11 is 0. The highest BCUT2D eigenvalue weighted by Crippen LogP contribution is 2.15. The Labute approximate surface area is 97.3 Å². The second-order valence-electron chi connectivity index (χ2n) is 3.78. The van der Waals surface area contributed by atoms with Crippen LogP contribution in [0.4, 0.5) is 0 Å². The van der Waals surface area contributed by atoms with Crippen molar-refractivity contribution in [1.82, 2.24) is 9.55 Å². The quantitative estimate of drug-likeness (QED) is 0.769. The van der Waals surface area contributed by atoms with Gasteiger partial charge in [-0.15, -0.1) is 0 Å². The molecule has 0 spiro atoms. The lowest BCUT2D eigenvalue weighted by Crippen LogP contribution is -2.10. The molecule has 5 heteroatoms. The van der Waals surface area contributed by atoms with Crippen molar-refractivity contribution < 1.29 is 11.0 Å². The molecule has 0 radical (unpaired) electrons. The van der Waals surface area contributed by atoms with E-state index >= 15 is 0 Å². The highest BCUT2D eigenvalue weighted by molar-refractivity contribution is 4.95. The van der Waals surface area contributed by atoms with Crippen LogP contribution in [-0.2, 0) is 6.42 Å². The van der Waals surface area contributed by atoms with Crippen LogP contribution in [-0.4, -0.2) is 27.0 Å². The number of aromatic nitrogens is 2. The Hall–Kier alpha value is -0.910. The highest BCUT2D eigenvalue weighted by atomic mass is 16.0. The molecule has 1 atom stereocenters. The molecule has 1 aromatic heterocycles. The van der Waals surface area contributed by atoms with Gasteiger partial charge in [0.25, 0.3) is 0 Å². The predicted octanol–water partition coefficient (Wildman–Crippen LogP) is 0.486. The Morgan fingerprint density at radius 2 is 2.12 bits per heavy atom. The zero-order chi connectivity index (χ0) is 10.4. The summed E-state index contributed by atoms with van der Waals surface area (Å²) in [5.74, 6) is 1.18. The normalized spacial score (nSPS) is 11.4. The topological polar surface area (TPSA) is 107 Å². The Bertz CT molecular complexity index is 263. The minimum absolute atomic E-state index is 0. The summed E-state index contributed by atoms with van der Waals surface area (Å²) < 4.78 is 2.28. The zero-order valence-corrected chi connectivity index (χ0v) is 10.2. The van der Waals surface area contributed by atoms with Crippen LogP contribution in [0.25, 0.3) is 0 Å². The average Bonchev–Trinajstić information content (AvgIpc) is 2.63. The third-order valence-electron chi connectivity index (χ3n) is 2.53. The highest BCUT2D eigenvalue weighted by Gasteiger charge is 2.07. The SMILES string of the molecule is CCCC(C)n1ccnc1CCCN.O.O. The Kier molecular flexibility index (Phi) is 10.2. The van der Waals surface area contributed by atoms with Gasteiger partial charge in [0.1, 0.15) is 5.82 Å². The zero-order valence-electron chi connectivity index (χ0n) is 10.2. The van der Waals surface area contributed by atoms with Crippen molar-refractivity contribution in [2.75, 3.05) is 6.54 Å². The van der Waals surface area contributed by atoms with E-state index in [1.165, 1.54) is 18.7 Å². The van der Waals surface area contributed by atoms with Crippen LogP contribution in [0.3, 0.4) is 0 Å². The molecule has 0 bridgehead atoms. The van der Waals surface area contributed by atoms with E-state index in [-0.39, 0.29) is 11.0 Å². The van der Waals surface area contributed by atoms with Crippen molar-refractivity contribution in [3.05, 3.63) is 18.2 Å².